The molecule has 13 N–H and O–H groups in total. The zero-order chi connectivity index (χ0) is 76.3. The number of nitrogens with one attached hydrogen (secondary N) is 13. The fourth-order valence-corrected chi connectivity index (χ4v) is 11.7. The zero-order valence-corrected chi connectivity index (χ0v) is 68.9. The molecule has 0 aliphatic rings. The van der Waals surface area contributed by atoms with E-state index in [0.29, 0.717) is 83.7 Å². The van der Waals surface area contributed by atoms with Gasteiger partial charge >= 0.3 is 0 Å². The second-order valence-electron chi connectivity index (χ2n) is 38.1. The number of carbonyl (C=O) groups is 7. The molecule has 0 saturated carbocycles. The van der Waals surface area contributed by atoms with E-state index in [1.807, 2.05) is 62.3 Å². The van der Waals surface area contributed by atoms with Crippen LogP contribution in [0.3, 0.4) is 0 Å². The summed E-state index contributed by atoms with van der Waals surface area (Å²) in [6, 6.07) is -4.52. The van der Waals surface area contributed by atoms with Crippen LogP contribution in [0.15, 0.2) is 0 Å². The smallest absolute Gasteiger partial charge is 0.243 e. The van der Waals surface area contributed by atoms with Gasteiger partial charge in [-0.2, -0.15) is 0 Å². The Bertz CT molecular complexity index is 2300. The molecular formula is C79H159N13O7. The third-order valence-electron chi connectivity index (χ3n) is 16.6. The van der Waals surface area contributed by atoms with E-state index < -0.39 is 47.1 Å². The number of Topliss-reactive ketones (excluding diaryl/α,β-unsaturated/α-hetero) is 1. The first-order valence-electron chi connectivity index (χ1n) is 38.8. The molecule has 0 saturated heterocycles. The van der Waals surface area contributed by atoms with E-state index in [1.165, 1.54) is 0 Å². The van der Waals surface area contributed by atoms with Crippen LogP contribution in [0.25, 0.3) is 0 Å². The number of hydrogen-bond donors (Lipinski definition) is 13. The van der Waals surface area contributed by atoms with Crippen molar-refractivity contribution in [2.75, 3.05) is 39.3 Å². The molecule has 0 aromatic rings. The molecule has 0 radical (unpaired) electrons. The fraction of sp³-hybridized carbons (Fsp3) is 0.911. The molecule has 20 nitrogen and oxygen atoms in total. The summed E-state index contributed by atoms with van der Waals surface area (Å²) < 4.78 is 0. The highest BCUT2D eigenvalue weighted by atomic mass is 16.2. The van der Waals surface area contributed by atoms with Crippen LogP contribution in [0.2, 0.25) is 0 Å². The lowest BCUT2D eigenvalue weighted by molar-refractivity contribution is -0.135. The van der Waals surface area contributed by atoms with Crippen LogP contribution in [0.1, 0.15) is 335 Å². The summed E-state index contributed by atoms with van der Waals surface area (Å²) in [5.74, 6) is -1.54. The maximum atomic E-state index is 14.8. The van der Waals surface area contributed by atoms with Gasteiger partial charge < -0.3 is 69.1 Å². The summed E-state index contributed by atoms with van der Waals surface area (Å²) in [4.78, 5) is 99.9. The SMILES string of the molecule is CC(C)(C)CCCCCC(NC(C)(C)C)C(=O)NCCCCC(NC(=O)C(CCCCNC(C)(C)C)NC(C)(C)C)C(=O)NC(CCCCNC(=O)C(CCCCNC(=O)C(CCCCNC(C)(C)C)NC(C)(C)C)NC(=O)C(CCCCNC(C)(C)C)NC(C)(C)C)C(=O)C(C)(C)C. The Hall–Kier alpha value is -3.79. The predicted octanol–water partition coefficient (Wildman–Crippen LogP) is 11.6. The quantitative estimate of drug-likeness (QED) is 0.0253. The molecule has 0 aliphatic heterocycles. The van der Waals surface area contributed by atoms with Crippen molar-refractivity contribution in [3.05, 3.63) is 0 Å². The summed E-state index contributed by atoms with van der Waals surface area (Å²) in [5, 5.41) is 43.5. The Kier molecular flexibility index (Phi) is 43.7. The van der Waals surface area contributed by atoms with Crippen LogP contribution in [-0.2, 0) is 33.6 Å². The summed E-state index contributed by atoms with van der Waals surface area (Å²) >= 11 is 0. The molecule has 0 rings (SSSR count). The maximum absolute atomic E-state index is 14.8. The van der Waals surface area contributed by atoms with E-state index in [1.54, 1.807) is 0 Å². The molecule has 6 amide bonds. The van der Waals surface area contributed by atoms with Gasteiger partial charge in [0.25, 0.3) is 0 Å². The van der Waals surface area contributed by atoms with Crippen molar-refractivity contribution < 1.29 is 33.6 Å². The number of unbranched alkanes of at least 4 members (excludes halogenated alkanes) is 8. The van der Waals surface area contributed by atoms with E-state index >= 15 is 0 Å². The van der Waals surface area contributed by atoms with Gasteiger partial charge in [-0.3, -0.25) is 33.6 Å². The summed E-state index contributed by atoms with van der Waals surface area (Å²) in [7, 11) is 0. The van der Waals surface area contributed by atoms with E-state index in [9.17, 15) is 33.6 Å². The molecular weight excluding hydrogens is 1240 g/mol. The largest absolute Gasteiger partial charge is 0.355 e. The van der Waals surface area contributed by atoms with E-state index in [4.69, 9.17) is 0 Å². The Labute approximate surface area is 606 Å². The first-order valence-corrected chi connectivity index (χ1v) is 38.8. The molecule has 582 valence electrons. The van der Waals surface area contributed by atoms with Gasteiger partial charge in [0, 0.05) is 63.8 Å². The van der Waals surface area contributed by atoms with Crippen molar-refractivity contribution in [2.45, 2.75) is 416 Å². The second-order valence-corrected chi connectivity index (χ2v) is 38.1. The number of ketones is 1. The Morgan fingerprint density at radius 2 is 0.455 bits per heavy atom. The van der Waals surface area contributed by atoms with Crippen LogP contribution in [0.5, 0.6) is 0 Å². The third-order valence-corrected chi connectivity index (χ3v) is 16.6. The lowest BCUT2D eigenvalue weighted by atomic mass is 9.84. The molecule has 0 aromatic heterocycles. The third kappa shape index (κ3) is 53.6. The topological polar surface area (TPSA) is 276 Å². The van der Waals surface area contributed by atoms with Gasteiger partial charge in [-0.25, -0.2) is 0 Å². The van der Waals surface area contributed by atoms with Crippen molar-refractivity contribution in [2.24, 2.45) is 10.8 Å². The fourth-order valence-electron chi connectivity index (χ4n) is 11.7. The molecule has 7 unspecified atom stereocenters. The molecule has 0 fully saturated rings. The maximum Gasteiger partial charge on any atom is 0.243 e. The molecule has 20 heteroatoms. The Morgan fingerprint density at radius 3 is 0.727 bits per heavy atom. The Morgan fingerprint density at radius 1 is 0.232 bits per heavy atom. The summed E-state index contributed by atoms with van der Waals surface area (Å²) in [6.07, 6.45) is 16.1. The van der Waals surface area contributed by atoms with Crippen molar-refractivity contribution in [3.8, 4) is 0 Å². The second kappa shape index (κ2) is 45.4. The van der Waals surface area contributed by atoms with Crippen molar-refractivity contribution in [1.29, 1.82) is 0 Å². The minimum atomic E-state index is -0.969. The normalized spacial score (nSPS) is 15.3. The van der Waals surface area contributed by atoms with Gasteiger partial charge in [0.15, 0.2) is 5.78 Å². The van der Waals surface area contributed by atoms with Crippen LogP contribution in [0, 0.1) is 10.8 Å². The van der Waals surface area contributed by atoms with Crippen molar-refractivity contribution in [3.63, 3.8) is 0 Å². The van der Waals surface area contributed by atoms with E-state index in [2.05, 4.69) is 194 Å². The highest BCUT2D eigenvalue weighted by molar-refractivity contribution is 5.95. The van der Waals surface area contributed by atoms with Crippen molar-refractivity contribution >= 4 is 41.2 Å². The van der Waals surface area contributed by atoms with Gasteiger partial charge in [0.05, 0.1) is 30.2 Å². The van der Waals surface area contributed by atoms with Gasteiger partial charge in [0.2, 0.25) is 35.4 Å². The van der Waals surface area contributed by atoms with Crippen molar-refractivity contribution in [1.82, 2.24) is 69.1 Å². The highest BCUT2D eigenvalue weighted by Crippen LogP contribution is 2.24. The van der Waals surface area contributed by atoms with Gasteiger partial charge in [-0.1, -0.05) is 80.1 Å². The average molecular weight is 1400 g/mol. The summed E-state index contributed by atoms with van der Waals surface area (Å²) in [5.41, 5.74) is -1.87. The zero-order valence-electron chi connectivity index (χ0n) is 68.9. The van der Waals surface area contributed by atoms with E-state index in [0.717, 1.165) is 90.3 Å². The minimum absolute atomic E-state index is 0.0209. The molecule has 0 heterocycles. The van der Waals surface area contributed by atoms with Gasteiger partial charge in [0.1, 0.15) is 12.1 Å². The van der Waals surface area contributed by atoms with Gasteiger partial charge in [-0.15, -0.1) is 0 Å². The minimum Gasteiger partial charge on any atom is -0.355 e. The van der Waals surface area contributed by atoms with Crippen LogP contribution >= 0.6 is 0 Å². The predicted molar refractivity (Wildman–Crippen MR) is 415 cm³/mol. The molecule has 99 heavy (non-hydrogen) atoms. The number of amides is 6. The average Bonchev–Trinajstić information content (AvgIpc) is 0.861. The van der Waals surface area contributed by atoms with Crippen LogP contribution < -0.4 is 69.1 Å². The molecule has 0 aliphatic carbocycles. The first kappa shape index (κ1) is 95.2. The molecule has 0 bridgehead atoms. The van der Waals surface area contributed by atoms with Crippen LogP contribution in [0.4, 0.5) is 0 Å². The van der Waals surface area contributed by atoms with Crippen LogP contribution in [-0.4, -0.2) is 162 Å². The molecule has 0 spiro atoms. The van der Waals surface area contributed by atoms with Gasteiger partial charge in [-0.05, 0) is 280 Å². The number of rotatable bonds is 49. The standard InChI is InChI=1S/C79H159N13O7/c1-71(2,3)50-36-28-29-46-60(89-76(16,17)18)66(95)81-53-39-32-45-59(88-70(99)63(92-79(25,26)27)49-35-42-56-85-75(13,14)15)68(97)86-57(64(93)72(4,5)6)43-30-37-51-80-65(94)58(87-69(98)62(91-78(22,23)24)48-34-41-55-84-74(10,11)12)44-31-38-52-82-67(96)61(90-77(19,20)21)47-33-40-54-83-73(7,8)9/h57-63,83-85,89-92H,28-56H2,1-27H3,(H,80,94)(H,81,95)(H,82,96)(H,86,97)(H,87,98)(H,88,99). The lowest BCUT2D eigenvalue weighted by Crippen LogP contribution is -2.57. The lowest BCUT2D eigenvalue weighted by Gasteiger charge is -2.31. The first-order chi connectivity index (χ1) is 45.2. The highest BCUT2D eigenvalue weighted by Gasteiger charge is 2.35. The molecule has 0 aromatic carbocycles. The summed E-state index contributed by atoms with van der Waals surface area (Å²) in [6.45, 7) is 59.6. The number of carbonyl (C=O) groups excluding carboxylic acids is 7. The Balaban J connectivity index is 6.74. The number of hydrogen-bond acceptors (Lipinski definition) is 14. The monoisotopic (exact) mass is 1400 g/mol. The molecule has 7 atom stereocenters. The van der Waals surface area contributed by atoms with E-state index in [-0.39, 0.29) is 99.0 Å².